The molecule has 5 heteroatoms. The van der Waals surface area contributed by atoms with Crippen LogP contribution in [0, 0.1) is 19.7 Å². The van der Waals surface area contributed by atoms with Crippen LogP contribution in [0.4, 0.5) is 4.39 Å². The fraction of sp³-hybridized carbons (Fsp3) is 0.250. The zero-order valence-corrected chi connectivity index (χ0v) is 12.7. The molecule has 0 aliphatic carbocycles. The van der Waals surface area contributed by atoms with Gasteiger partial charge in [-0.05, 0) is 42.7 Å². The van der Waals surface area contributed by atoms with Crippen molar-refractivity contribution in [3.63, 3.8) is 0 Å². The number of alkyl halides is 1. The first-order valence-electron chi connectivity index (χ1n) is 6.72. The van der Waals surface area contributed by atoms with Crippen LogP contribution in [0.15, 0.2) is 30.5 Å². The van der Waals surface area contributed by atoms with E-state index in [1.54, 1.807) is 20.0 Å². The molecule has 2 heterocycles. The Hall–Kier alpha value is -1.94. The lowest BCUT2D eigenvalue weighted by molar-refractivity contribution is 0.607. The molecule has 0 radical (unpaired) electrons. The number of nitrogens with zero attached hydrogens (tertiary/aromatic N) is 3. The summed E-state index contributed by atoms with van der Waals surface area (Å²) >= 11 is 5.99. The first-order chi connectivity index (χ1) is 10.1. The Labute approximate surface area is 127 Å². The van der Waals surface area contributed by atoms with Crippen molar-refractivity contribution in [3.05, 3.63) is 58.8 Å². The second-order valence-corrected chi connectivity index (χ2v) is 5.40. The summed E-state index contributed by atoms with van der Waals surface area (Å²) in [5, 5.41) is 0. The average Bonchev–Trinajstić information content (AvgIpc) is 2.83. The second-order valence-electron chi connectivity index (χ2n) is 5.14. The summed E-state index contributed by atoms with van der Waals surface area (Å²) in [7, 11) is 0. The molecule has 0 N–H and O–H groups in total. The van der Waals surface area contributed by atoms with Crippen LogP contribution >= 0.6 is 11.6 Å². The number of pyridine rings is 1. The summed E-state index contributed by atoms with van der Waals surface area (Å²) in [6.45, 7) is 4.13. The fourth-order valence-corrected chi connectivity index (χ4v) is 2.79. The van der Waals surface area contributed by atoms with Crippen LogP contribution in [-0.4, -0.2) is 14.5 Å². The van der Waals surface area contributed by atoms with Crippen LogP contribution in [0.1, 0.15) is 22.5 Å². The van der Waals surface area contributed by atoms with Gasteiger partial charge in [0.05, 0.1) is 12.4 Å². The highest BCUT2D eigenvalue weighted by Gasteiger charge is 2.12. The predicted octanol–water partition coefficient (Wildman–Crippen LogP) is 3.97. The lowest BCUT2D eigenvalue weighted by Crippen LogP contribution is -2.06. The first-order valence-corrected chi connectivity index (χ1v) is 7.25. The third-order valence-corrected chi connectivity index (χ3v) is 3.78. The summed E-state index contributed by atoms with van der Waals surface area (Å²) in [6, 6.07) is 7.48. The van der Waals surface area contributed by atoms with Gasteiger partial charge < -0.3 is 4.57 Å². The minimum Gasteiger partial charge on any atom is -0.307 e. The van der Waals surface area contributed by atoms with Crippen molar-refractivity contribution in [2.24, 2.45) is 0 Å². The van der Waals surface area contributed by atoms with Crippen LogP contribution < -0.4 is 0 Å². The zero-order chi connectivity index (χ0) is 15.0. The minimum absolute atomic E-state index is 0.148. The molecule has 0 bridgehead atoms. The van der Waals surface area contributed by atoms with Crippen molar-refractivity contribution in [1.82, 2.24) is 14.5 Å². The number of aromatic nitrogens is 3. The van der Waals surface area contributed by atoms with E-state index in [0.29, 0.717) is 23.6 Å². The van der Waals surface area contributed by atoms with E-state index in [4.69, 9.17) is 11.6 Å². The average molecular weight is 304 g/mol. The maximum Gasteiger partial charge on any atom is 0.160 e. The molecule has 3 nitrogen and oxygen atoms in total. The Morgan fingerprint density at radius 2 is 1.95 bits per heavy atom. The molecule has 2 aromatic heterocycles. The molecular formula is C16H15ClFN3. The van der Waals surface area contributed by atoms with E-state index in [1.165, 1.54) is 0 Å². The highest BCUT2D eigenvalue weighted by atomic mass is 35.5. The maximum atomic E-state index is 13.7. The molecule has 3 aromatic rings. The van der Waals surface area contributed by atoms with Crippen molar-refractivity contribution in [1.29, 1.82) is 0 Å². The topological polar surface area (TPSA) is 30.7 Å². The Bertz CT molecular complexity index is 787. The molecule has 0 atom stereocenters. The van der Waals surface area contributed by atoms with Gasteiger partial charge in [-0.25, -0.2) is 14.4 Å². The number of aryl methyl sites for hydroxylation is 2. The predicted molar refractivity (Wildman–Crippen MR) is 82.1 cm³/mol. The molecule has 0 saturated heterocycles. The molecule has 0 fully saturated rings. The third-order valence-electron chi connectivity index (χ3n) is 3.54. The largest absolute Gasteiger partial charge is 0.307 e. The molecule has 0 aliphatic heterocycles. The summed E-state index contributed by atoms with van der Waals surface area (Å²) in [6.07, 6.45) is 1.74. The standard InChI is InChI=1S/C16H15ClFN3/c1-10-6-12(7-11(2)15(10)18)9-21-14(8-17)20-13-4-3-5-19-16(13)21/h3-7H,8-9H2,1-2H3. The van der Waals surface area contributed by atoms with Crippen molar-refractivity contribution >= 4 is 22.8 Å². The number of benzene rings is 1. The number of hydrogen-bond acceptors (Lipinski definition) is 2. The van der Waals surface area contributed by atoms with Crippen LogP contribution in [0.3, 0.4) is 0 Å². The van der Waals surface area contributed by atoms with Gasteiger partial charge in [-0.1, -0.05) is 12.1 Å². The first kappa shape index (κ1) is 14.0. The van der Waals surface area contributed by atoms with Crippen LogP contribution in [0.5, 0.6) is 0 Å². The van der Waals surface area contributed by atoms with Gasteiger partial charge >= 0.3 is 0 Å². The quantitative estimate of drug-likeness (QED) is 0.685. The number of rotatable bonds is 3. The molecule has 0 unspecified atom stereocenters. The maximum absolute atomic E-state index is 13.7. The van der Waals surface area contributed by atoms with Crippen molar-refractivity contribution in [3.8, 4) is 0 Å². The number of hydrogen-bond donors (Lipinski definition) is 0. The highest BCUT2D eigenvalue weighted by Crippen LogP contribution is 2.20. The third kappa shape index (κ3) is 2.51. The molecule has 0 spiro atoms. The van der Waals surface area contributed by atoms with Gasteiger partial charge in [-0.2, -0.15) is 0 Å². The summed E-state index contributed by atoms with van der Waals surface area (Å²) in [5.74, 6) is 0.935. The molecule has 3 rings (SSSR count). The van der Waals surface area contributed by atoms with Gasteiger partial charge in [0.25, 0.3) is 0 Å². The molecule has 108 valence electrons. The van der Waals surface area contributed by atoms with Crippen LogP contribution in [-0.2, 0) is 12.4 Å². The van der Waals surface area contributed by atoms with Gasteiger partial charge in [0.15, 0.2) is 5.65 Å². The Kier molecular flexibility index (Phi) is 3.64. The second kappa shape index (κ2) is 5.45. The Morgan fingerprint density at radius 1 is 1.24 bits per heavy atom. The molecule has 0 amide bonds. The lowest BCUT2D eigenvalue weighted by Gasteiger charge is -2.10. The Balaban J connectivity index is 2.09. The van der Waals surface area contributed by atoms with E-state index in [0.717, 1.165) is 22.6 Å². The van der Waals surface area contributed by atoms with E-state index >= 15 is 0 Å². The van der Waals surface area contributed by atoms with Crippen LogP contribution in [0.25, 0.3) is 11.2 Å². The molecule has 1 aromatic carbocycles. The highest BCUT2D eigenvalue weighted by molar-refractivity contribution is 6.16. The molecular weight excluding hydrogens is 289 g/mol. The van der Waals surface area contributed by atoms with E-state index < -0.39 is 0 Å². The van der Waals surface area contributed by atoms with Gasteiger partial charge in [0.1, 0.15) is 17.2 Å². The number of halogens is 2. The van der Waals surface area contributed by atoms with Gasteiger partial charge in [-0.3, -0.25) is 0 Å². The van der Waals surface area contributed by atoms with E-state index in [1.807, 2.05) is 28.8 Å². The number of imidazole rings is 1. The zero-order valence-electron chi connectivity index (χ0n) is 11.9. The van der Waals surface area contributed by atoms with Gasteiger partial charge in [-0.15, -0.1) is 11.6 Å². The van der Waals surface area contributed by atoms with Gasteiger partial charge in [0, 0.05) is 6.20 Å². The Morgan fingerprint density at radius 3 is 2.62 bits per heavy atom. The van der Waals surface area contributed by atoms with E-state index in [9.17, 15) is 4.39 Å². The molecule has 0 aliphatic rings. The fourth-order valence-electron chi connectivity index (χ4n) is 2.58. The SMILES string of the molecule is Cc1cc(Cn2c(CCl)nc3cccnc32)cc(C)c1F. The normalized spacial score (nSPS) is 11.2. The summed E-state index contributed by atoms with van der Waals surface area (Å²) < 4.78 is 15.7. The summed E-state index contributed by atoms with van der Waals surface area (Å²) in [5.41, 5.74) is 3.93. The van der Waals surface area contributed by atoms with Crippen LogP contribution in [0.2, 0.25) is 0 Å². The van der Waals surface area contributed by atoms with E-state index in [2.05, 4.69) is 9.97 Å². The minimum atomic E-state index is -0.148. The molecule has 21 heavy (non-hydrogen) atoms. The number of fused-ring (bicyclic) bond motifs is 1. The summed E-state index contributed by atoms with van der Waals surface area (Å²) in [4.78, 5) is 8.86. The van der Waals surface area contributed by atoms with Crippen molar-refractivity contribution in [2.75, 3.05) is 0 Å². The van der Waals surface area contributed by atoms with E-state index in [-0.39, 0.29) is 5.82 Å². The van der Waals surface area contributed by atoms with Gasteiger partial charge in [0.2, 0.25) is 0 Å². The lowest BCUT2D eigenvalue weighted by atomic mass is 10.1. The monoisotopic (exact) mass is 303 g/mol. The smallest absolute Gasteiger partial charge is 0.160 e. The van der Waals surface area contributed by atoms with Crippen molar-refractivity contribution in [2.45, 2.75) is 26.3 Å². The molecule has 0 saturated carbocycles. The van der Waals surface area contributed by atoms with Crippen molar-refractivity contribution < 1.29 is 4.39 Å².